The van der Waals surface area contributed by atoms with Gasteiger partial charge in [-0.3, -0.25) is 4.79 Å². The van der Waals surface area contributed by atoms with Gasteiger partial charge in [0.1, 0.15) is 6.29 Å². The molecular formula is C8H9ArNO3S. The van der Waals surface area contributed by atoms with Crippen molar-refractivity contribution in [2.24, 2.45) is 5.14 Å². The molecule has 14 heavy (non-hydrogen) atoms. The summed E-state index contributed by atoms with van der Waals surface area (Å²) in [5.41, 5.74) is 1.09. The molecule has 0 aliphatic carbocycles. The van der Waals surface area contributed by atoms with E-state index in [0.717, 1.165) is 0 Å². The molecule has 1 aromatic carbocycles. The van der Waals surface area contributed by atoms with Gasteiger partial charge in [-0.25, -0.2) is 13.6 Å². The number of carbonyl (C=O) groups is 1. The standard InChI is InChI=1S/C8H9NO3S.Ar/c9-13(11,12)6-8-3-1-7(5-10)2-4-8;/h1-5H,6H2,(H2,9,11,12);. The first-order valence-electron chi connectivity index (χ1n) is 3.56. The Morgan fingerprint density at radius 1 is 1.21 bits per heavy atom. The van der Waals surface area contributed by atoms with Crippen LogP contribution in [0.4, 0.5) is 0 Å². The van der Waals surface area contributed by atoms with Crippen molar-refractivity contribution in [1.82, 2.24) is 0 Å². The minimum absolute atomic E-state index is 0. The Morgan fingerprint density at radius 3 is 2.07 bits per heavy atom. The first-order chi connectivity index (χ1) is 6.01. The van der Waals surface area contributed by atoms with Crippen LogP contribution in [-0.4, -0.2) is 14.7 Å². The number of rotatable bonds is 3. The number of hydrogen-bond acceptors (Lipinski definition) is 3. The summed E-state index contributed by atoms with van der Waals surface area (Å²) in [7, 11) is -3.49. The van der Waals surface area contributed by atoms with Gasteiger partial charge in [0.2, 0.25) is 10.0 Å². The van der Waals surface area contributed by atoms with Gasteiger partial charge in [0.15, 0.2) is 0 Å². The third kappa shape index (κ3) is 5.07. The fourth-order valence-electron chi connectivity index (χ4n) is 0.925. The van der Waals surface area contributed by atoms with E-state index in [1.54, 1.807) is 24.3 Å². The number of primary sulfonamides is 1. The first-order valence-corrected chi connectivity index (χ1v) is 5.27. The Labute approximate surface area is 113 Å². The van der Waals surface area contributed by atoms with Crippen LogP contribution in [0.3, 0.4) is 0 Å². The summed E-state index contributed by atoms with van der Waals surface area (Å²) in [5.74, 6) is -0.202. The van der Waals surface area contributed by atoms with Gasteiger partial charge in [0.05, 0.1) is 5.75 Å². The molecule has 0 radical (unpaired) electrons. The second-order valence-electron chi connectivity index (χ2n) is 2.67. The SMILES string of the molecule is NS(=O)(=O)Cc1ccc(C=O)cc1.[Ar]. The monoisotopic (exact) mass is 239 g/mol. The largest absolute Gasteiger partial charge is 0.298 e. The van der Waals surface area contributed by atoms with E-state index in [-0.39, 0.29) is 43.5 Å². The van der Waals surface area contributed by atoms with Gasteiger partial charge in [0.25, 0.3) is 0 Å². The molecule has 0 saturated heterocycles. The van der Waals surface area contributed by atoms with E-state index in [2.05, 4.69) is 0 Å². The molecule has 6 heteroatoms. The van der Waals surface area contributed by atoms with Crippen LogP contribution in [0.5, 0.6) is 0 Å². The molecule has 0 spiro atoms. The van der Waals surface area contributed by atoms with Crippen molar-refractivity contribution in [3.63, 3.8) is 0 Å². The number of benzene rings is 1. The summed E-state index contributed by atoms with van der Waals surface area (Å²) in [6.07, 6.45) is 0.695. The van der Waals surface area contributed by atoms with Crippen LogP contribution in [-0.2, 0) is 15.8 Å². The van der Waals surface area contributed by atoms with Crippen molar-refractivity contribution in [2.45, 2.75) is 5.75 Å². The minimum atomic E-state index is -3.49. The fraction of sp³-hybridized carbons (Fsp3) is 0.125. The molecule has 0 aliphatic rings. The maximum atomic E-state index is 10.7. The predicted molar refractivity (Wildman–Crippen MR) is 48.6 cm³/mol. The van der Waals surface area contributed by atoms with Gasteiger partial charge in [-0.2, -0.15) is 0 Å². The van der Waals surface area contributed by atoms with E-state index in [0.29, 0.717) is 17.4 Å². The molecule has 1 aromatic rings. The third-order valence-corrected chi connectivity index (χ3v) is 2.22. The van der Waals surface area contributed by atoms with Crippen molar-refractivity contribution < 1.29 is 51.0 Å². The van der Waals surface area contributed by atoms with Crippen LogP contribution in [0.2, 0.25) is 0 Å². The number of aldehydes is 1. The van der Waals surface area contributed by atoms with Crippen molar-refractivity contribution in [1.29, 1.82) is 0 Å². The molecule has 1 rings (SSSR count). The third-order valence-electron chi connectivity index (χ3n) is 1.48. The number of carbonyl (C=O) groups excluding carboxylic acids is 1. The van der Waals surface area contributed by atoms with E-state index in [1.807, 2.05) is 0 Å². The summed E-state index contributed by atoms with van der Waals surface area (Å²) < 4.78 is 21.3. The molecule has 0 amide bonds. The Morgan fingerprint density at radius 2 is 1.71 bits per heavy atom. The molecule has 0 saturated carbocycles. The molecule has 0 atom stereocenters. The molecule has 0 aliphatic heterocycles. The van der Waals surface area contributed by atoms with Crippen molar-refractivity contribution in [3.8, 4) is 0 Å². The number of sulfonamides is 1. The molecule has 0 unspecified atom stereocenters. The summed E-state index contributed by atoms with van der Waals surface area (Å²) >= 11 is 0. The molecule has 0 heterocycles. The van der Waals surface area contributed by atoms with Crippen LogP contribution in [0.25, 0.3) is 0 Å². The Kier molecular flexibility index (Phi) is 5.85. The Bertz CT molecular complexity index is 399. The zero-order valence-electron chi connectivity index (χ0n) is 7.16. The average molecular weight is 239 g/mol. The maximum absolute atomic E-state index is 10.7. The molecule has 4 nitrogen and oxygen atoms in total. The van der Waals surface area contributed by atoms with Gasteiger partial charge in [-0.05, 0) is 5.56 Å². The van der Waals surface area contributed by atoms with Crippen LogP contribution < -0.4 is 5.14 Å². The second kappa shape index (κ2) is 5.82. The van der Waals surface area contributed by atoms with E-state index >= 15 is 0 Å². The maximum Gasteiger partial charge on any atom is 0.213 e. The van der Waals surface area contributed by atoms with E-state index in [1.165, 1.54) is 0 Å². The number of hydrogen-bond donors (Lipinski definition) is 1. The van der Waals surface area contributed by atoms with Crippen molar-refractivity contribution in [2.75, 3.05) is 0 Å². The second-order valence-corrected chi connectivity index (χ2v) is 4.28. The summed E-state index contributed by atoms with van der Waals surface area (Å²) in [5, 5.41) is 4.84. The van der Waals surface area contributed by atoms with Gasteiger partial charge in [-0.15, -0.1) is 0 Å². The Balaban J connectivity index is 0.00000169. The van der Waals surface area contributed by atoms with E-state index in [9.17, 15) is 13.2 Å². The molecule has 2 N–H and O–H groups in total. The zero-order chi connectivity index (χ0) is 9.90. The summed E-state index contributed by atoms with van der Waals surface area (Å²) in [6.45, 7) is 0. The topological polar surface area (TPSA) is 77.2 Å². The molecular weight excluding hydrogens is 230 g/mol. The van der Waals surface area contributed by atoms with Gasteiger partial charge >= 0.3 is 0 Å². The summed E-state index contributed by atoms with van der Waals surface area (Å²) in [6, 6.07) is 6.23. The normalized spacial score (nSPS) is 10.4. The number of nitrogens with two attached hydrogens (primary N) is 1. The van der Waals surface area contributed by atoms with Crippen LogP contribution in [0.15, 0.2) is 24.3 Å². The molecule has 0 bridgehead atoms. The van der Waals surface area contributed by atoms with Crippen molar-refractivity contribution in [3.05, 3.63) is 35.4 Å². The summed E-state index contributed by atoms with van der Waals surface area (Å²) in [4.78, 5) is 10.3. The average Bonchev–Trinajstić information content (AvgIpc) is 2.03. The molecule has 0 aromatic heterocycles. The fourth-order valence-corrected chi connectivity index (χ4v) is 1.58. The first kappa shape index (κ1) is 14.1. The van der Waals surface area contributed by atoms with Gasteiger partial charge < -0.3 is 0 Å². The predicted octanol–water partition coefficient (Wildman–Crippen LogP) is 0.288. The van der Waals surface area contributed by atoms with E-state index in [4.69, 9.17) is 5.14 Å². The Hall–Kier alpha value is 0.0597. The smallest absolute Gasteiger partial charge is 0.213 e. The molecule has 78 valence electrons. The van der Waals surface area contributed by atoms with Crippen LogP contribution >= 0.6 is 0 Å². The van der Waals surface area contributed by atoms with Gasteiger partial charge in [0, 0.05) is 43.3 Å². The molecule has 0 fully saturated rings. The quantitative estimate of drug-likeness (QED) is 0.770. The van der Waals surface area contributed by atoms with E-state index < -0.39 is 10.0 Å². The van der Waals surface area contributed by atoms with Crippen LogP contribution in [0.1, 0.15) is 15.9 Å². The van der Waals surface area contributed by atoms with Gasteiger partial charge in [-0.1, -0.05) is 24.3 Å². The van der Waals surface area contributed by atoms with Crippen molar-refractivity contribution >= 4 is 16.3 Å². The minimum Gasteiger partial charge on any atom is -0.298 e. The van der Waals surface area contributed by atoms with Crippen LogP contribution in [0, 0.1) is 37.7 Å². The zero-order valence-corrected chi connectivity index (χ0v) is 8.68.